The van der Waals surface area contributed by atoms with Crippen LogP contribution < -0.4 is 10.8 Å². The van der Waals surface area contributed by atoms with E-state index in [4.69, 9.17) is 32.0 Å². The molecule has 13 heteroatoms. The van der Waals surface area contributed by atoms with Crippen molar-refractivity contribution in [2.45, 2.75) is 18.1 Å². The third-order valence-electron chi connectivity index (χ3n) is 4.04. The summed E-state index contributed by atoms with van der Waals surface area (Å²) in [6.07, 6.45) is -3.75. The standard InChI is InChI=1S/C17H16ClFN4O2.C2HF3O2/c18-11-4-5-13(21-7-11)14(24)6-12-2-1-3-15(22-12)17(9-19)10-25-8-16(20)23-17;3-2(4,5)1(6)7/h1-5,7H,6,8-10H2,(H2,20,23);(H,6,7)/p-1. The minimum absolute atomic E-state index is 0.0326. The number of aliphatic imine (C=N–C) groups is 1. The van der Waals surface area contributed by atoms with Crippen LogP contribution in [0.15, 0.2) is 41.5 Å². The average molecular weight is 476 g/mol. The number of carboxylic acid groups (broad SMARTS) is 1. The molecule has 2 aromatic heterocycles. The number of rotatable bonds is 5. The highest BCUT2D eigenvalue weighted by Gasteiger charge is 2.37. The number of nitrogens with zero attached hydrogens (tertiary/aromatic N) is 3. The molecule has 1 aliphatic heterocycles. The number of aromatic nitrogens is 2. The van der Waals surface area contributed by atoms with E-state index in [1.54, 1.807) is 30.3 Å². The van der Waals surface area contributed by atoms with Gasteiger partial charge in [0.15, 0.2) is 11.3 Å². The first-order valence-corrected chi connectivity index (χ1v) is 9.22. The zero-order valence-electron chi connectivity index (χ0n) is 16.2. The van der Waals surface area contributed by atoms with Gasteiger partial charge in [-0.15, -0.1) is 0 Å². The van der Waals surface area contributed by atoms with Crippen LogP contribution in [0.1, 0.15) is 21.9 Å². The summed E-state index contributed by atoms with van der Waals surface area (Å²) in [7, 11) is 0. The molecule has 3 heterocycles. The van der Waals surface area contributed by atoms with Gasteiger partial charge in [0.25, 0.3) is 0 Å². The van der Waals surface area contributed by atoms with Gasteiger partial charge in [-0.1, -0.05) is 17.7 Å². The molecular formula is C19H16ClF4N4O4-. The zero-order valence-corrected chi connectivity index (χ0v) is 17.0. The second-order valence-corrected chi connectivity index (χ2v) is 6.96. The Balaban J connectivity index is 0.000000451. The largest absolute Gasteiger partial charge is 0.542 e. The number of alkyl halides is 4. The quantitative estimate of drug-likeness (QED) is 0.511. The van der Waals surface area contributed by atoms with Crippen LogP contribution in [0, 0.1) is 0 Å². The third-order valence-corrected chi connectivity index (χ3v) is 4.26. The van der Waals surface area contributed by atoms with Crippen molar-refractivity contribution in [2.75, 3.05) is 19.9 Å². The second kappa shape index (κ2) is 10.5. The van der Waals surface area contributed by atoms with Crippen molar-refractivity contribution in [1.29, 1.82) is 0 Å². The fourth-order valence-electron chi connectivity index (χ4n) is 2.57. The van der Waals surface area contributed by atoms with Gasteiger partial charge in [-0.2, -0.15) is 13.2 Å². The van der Waals surface area contributed by atoms with E-state index in [1.165, 1.54) is 6.20 Å². The third kappa shape index (κ3) is 6.69. The van der Waals surface area contributed by atoms with E-state index in [1.807, 2.05) is 0 Å². The molecule has 0 radical (unpaired) electrons. The van der Waals surface area contributed by atoms with Crippen molar-refractivity contribution in [2.24, 2.45) is 10.7 Å². The molecule has 0 bridgehead atoms. The predicted octanol–water partition coefficient (Wildman–Crippen LogP) is 1.41. The summed E-state index contributed by atoms with van der Waals surface area (Å²) < 4.78 is 50.6. The Morgan fingerprint density at radius 3 is 2.47 bits per heavy atom. The number of aliphatic carboxylic acids is 1. The van der Waals surface area contributed by atoms with Gasteiger partial charge in [0.05, 0.1) is 23.7 Å². The summed E-state index contributed by atoms with van der Waals surface area (Å²) in [5, 5.41) is 9.24. The first-order chi connectivity index (χ1) is 15.0. The SMILES string of the molecule is NC1=NC(CF)(c2cccc(CC(=O)c3ccc(Cl)cn3)n2)COC1.O=C([O-])C(F)(F)F. The lowest BCUT2D eigenvalue weighted by Gasteiger charge is -2.30. The number of ether oxygens (including phenoxy) is 1. The first-order valence-electron chi connectivity index (χ1n) is 8.84. The number of halogens is 5. The van der Waals surface area contributed by atoms with Crippen molar-refractivity contribution >= 4 is 29.2 Å². The molecule has 0 aliphatic carbocycles. The van der Waals surface area contributed by atoms with Crippen LogP contribution in [-0.2, 0) is 21.5 Å². The Morgan fingerprint density at radius 1 is 1.25 bits per heavy atom. The molecule has 2 aromatic rings. The Hall–Kier alpha value is -3.12. The highest BCUT2D eigenvalue weighted by molar-refractivity contribution is 6.30. The number of carbonyl (C=O) groups is 2. The molecule has 1 atom stereocenters. The van der Waals surface area contributed by atoms with Gasteiger partial charge in [-0.25, -0.2) is 4.39 Å². The number of pyridine rings is 2. The van der Waals surface area contributed by atoms with E-state index in [-0.39, 0.29) is 31.3 Å². The van der Waals surface area contributed by atoms with Crippen molar-refractivity contribution < 1.29 is 37.0 Å². The Kier molecular flexibility index (Phi) is 8.22. The van der Waals surface area contributed by atoms with Gasteiger partial charge in [0.2, 0.25) is 0 Å². The summed E-state index contributed by atoms with van der Waals surface area (Å²) in [6, 6.07) is 8.20. The lowest BCUT2D eigenvalue weighted by atomic mass is 9.96. The van der Waals surface area contributed by atoms with E-state index in [9.17, 15) is 22.4 Å². The topological polar surface area (TPSA) is 131 Å². The summed E-state index contributed by atoms with van der Waals surface area (Å²) in [5.74, 6) is -3.00. The van der Waals surface area contributed by atoms with Gasteiger partial charge in [-0.05, 0) is 24.3 Å². The van der Waals surface area contributed by atoms with Crippen molar-refractivity contribution in [3.05, 3.63) is 58.6 Å². The summed E-state index contributed by atoms with van der Waals surface area (Å²) in [5.41, 5.74) is 5.59. The molecule has 3 rings (SSSR count). The van der Waals surface area contributed by atoms with Gasteiger partial charge in [-0.3, -0.25) is 19.8 Å². The van der Waals surface area contributed by atoms with E-state index in [2.05, 4.69) is 15.0 Å². The van der Waals surface area contributed by atoms with E-state index in [0.29, 0.717) is 22.1 Å². The van der Waals surface area contributed by atoms with E-state index < -0.39 is 24.4 Å². The monoisotopic (exact) mass is 475 g/mol. The molecule has 0 saturated heterocycles. The van der Waals surface area contributed by atoms with Crippen LogP contribution >= 0.6 is 11.6 Å². The summed E-state index contributed by atoms with van der Waals surface area (Å²) >= 11 is 5.77. The van der Waals surface area contributed by atoms with Crippen LogP contribution in [0.5, 0.6) is 0 Å². The minimum Gasteiger partial charge on any atom is -0.542 e. The maximum atomic E-state index is 13.7. The minimum atomic E-state index is -5.19. The second-order valence-electron chi connectivity index (χ2n) is 6.52. The van der Waals surface area contributed by atoms with Gasteiger partial charge < -0.3 is 20.4 Å². The number of nitrogens with two attached hydrogens (primary N) is 1. The van der Waals surface area contributed by atoms with Crippen molar-refractivity contribution in [3.8, 4) is 0 Å². The molecule has 8 nitrogen and oxygen atoms in total. The number of hydrogen-bond acceptors (Lipinski definition) is 8. The van der Waals surface area contributed by atoms with Crippen LogP contribution in [0.3, 0.4) is 0 Å². The molecule has 2 N–H and O–H groups in total. The van der Waals surface area contributed by atoms with Gasteiger partial charge in [0, 0.05) is 11.9 Å². The smallest absolute Gasteiger partial charge is 0.430 e. The first kappa shape index (κ1) is 25.1. The highest BCUT2D eigenvalue weighted by atomic mass is 35.5. The highest BCUT2D eigenvalue weighted by Crippen LogP contribution is 2.28. The molecule has 172 valence electrons. The molecule has 1 unspecified atom stereocenters. The molecule has 1 aliphatic rings. The Labute approximate surface area is 184 Å². The number of carboxylic acids is 1. The maximum absolute atomic E-state index is 13.7. The van der Waals surface area contributed by atoms with Crippen LogP contribution in [0.25, 0.3) is 0 Å². The Bertz CT molecular complexity index is 1000. The lowest BCUT2D eigenvalue weighted by Crippen LogP contribution is -2.42. The zero-order chi connectivity index (χ0) is 23.9. The fourth-order valence-corrected chi connectivity index (χ4v) is 2.68. The fraction of sp³-hybridized carbons (Fsp3) is 0.316. The molecule has 32 heavy (non-hydrogen) atoms. The van der Waals surface area contributed by atoms with Crippen molar-refractivity contribution in [1.82, 2.24) is 9.97 Å². The predicted molar refractivity (Wildman–Crippen MR) is 103 cm³/mol. The number of Topliss-reactive ketones (excluding diaryl/α,β-unsaturated/α-hetero) is 1. The number of hydrogen-bond donors (Lipinski definition) is 1. The van der Waals surface area contributed by atoms with Gasteiger partial charge >= 0.3 is 6.18 Å². The van der Waals surface area contributed by atoms with E-state index in [0.717, 1.165) is 0 Å². The molecule has 0 amide bonds. The molecule has 0 aromatic carbocycles. The van der Waals surface area contributed by atoms with Crippen LogP contribution in [-0.4, -0.2) is 53.6 Å². The average Bonchev–Trinajstić information content (AvgIpc) is 2.74. The Morgan fingerprint density at radius 2 is 1.94 bits per heavy atom. The van der Waals surface area contributed by atoms with Crippen LogP contribution in [0.4, 0.5) is 17.6 Å². The number of carbonyl (C=O) groups excluding carboxylic acids is 2. The van der Waals surface area contributed by atoms with Gasteiger partial charge in [0.1, 0.15) is 30.8 Å². The molecule has 0 saturated carbocycles. The molecule has 0 spiro atoms. The lowest BCUT2D eigenvalue weighted by molar-refractivity contribution is -0.344. The molecular weight excluding hydrogens is 460 g/mol. The normalized spacial score (nSPS) is 18.2. The van der Waals surface area contributed by atoms with Crippen LogP contribution in [0.2, 0.25) is 5.02 Å². The maximum Gasteiger partial charge on any atom is 0.430 e. The molecule has 0 fully saturated rings. The van der Waals surface area contributed by atoms with E-state index >= 15 is 0 Å². The number of amidine groups is 1. The van der Waals surface area contributed by atoms with Crippen molar-refractivity contribution in [3.63, 3.8) is 0 Å². The summed E-state index contributed by atoms with van der Waals surface area (Å²) in [4.78, 5) is 33.7. The number of ketones is 1. The summed E-state index contributed by atoms with van der Waals surface area (Å²) in [6.45, 7) is -0.577.